The largest absolute Gasteiger partial charge is 0.194 e. The molecule has 0 saturated carbocycles. The highest BCUT2D eigenvalue weighted by Crippen LogP contribution is 2.30. The molecule has 47 valence electrons. The first-order valence-corrected chi connectivity index (χ1v) is 3.21. The summed E-state index contributed by atoms with van der Waals surface area (Å²) in [5, 5.41) is 0. The molecule has 0 rings (SSSR count). The van der Waals surface area contributed by atoms with Crippen LogP contribution in [-0.2, 0) is 0 Å². The van der Waals surface area contributed by atoms with Crippen LogP contribution in [0.25, 0.3) is 0 Å². The van der Waals surface area contributed by atoms with Gasteiger partial charge >= 0.3 is 0 Å². The zero-order chi connectivity index (χ0) is 6.62. The van der Waals surface area contributed by atoms with Crippen molar-refractivity contribution >= 4 is 34.8 Å². The molecule has 0 unspecified atom stereocenters. The summed E-state index contributed by atoms with van der Waals surface area (Å²) in [6, 6.07) is 0. The molecule has 0 nitrogen and oxygen atoms in total. The molecule has 0 spiro atoms. The van der Waals surface area contributed by atoms with Crippen molar-refractivity contribution in [3.05, 3.63) is 19.1 Å². The van der Waals surface area contributed by atoms with Gasteiger partial charge in [-0.2, -0.15) is 0 Å². The van der Waals surface area contributed by atoms with Crippen molar-refractivity contribution in [3.63, 3.8) is 0 Å². The lowest BCUT2D eigenvalue weighted by Gasteiger charge is -2.05. The Morgan fingerprint density at radius 1 is 1.38 bits per heavy atom. The van der Waals surface area contributed by atoms with Crippen molar-refractivity contribution in [2.75, 3.05) is 0 Å². The van der Waals surface area contributed by atoms with Crippen LogP contribution in [0.1, 0.15) is 6.42 Å². The SMILES string of the molecule is C=CC[CH]C(Cl)(Cl)Cl. The van der Waals surface area contributed by atoms with Crippen molar-refractivity contribution in [3.8, 4) is 0 Å². The van der Waals surface area contributed by atoms with E-state index in [1.54, 1.807) is 12.5 Å². The maximum Gasteiger partial charge on any atom is 0.194 e. The van der Waals surface area contributed by atoms with E-state index in [1.807, 2.05) is 0 Å². The summed E-state index contributed by atoms with van der Waals surface area (Å²) in [6.07, 6.45) is 3.84. The van der Waals surface area contributed by atoms with Gasteiger partial charge in [-0.3, -0.25) is 0 Å². The van der Waals surface area contributed by atoms with E-state index >= 15 is 0 Å². The van der Waals surface area contributed by atoms with E-state index in [4.69, 9.17) is 34.8 Å². The standard InChI is InChI=1S/C5H6Cl3/c1-2-3-4-5(6,7)8/h2,4H,1,3H2. The quantitative estimate of drug-likeness (QED) is 0.443. The monoisotopic (exact) mass is 171 g/mol. The van der Waals surface area contributed by atoms with E-state index < -0.39 is 3.79 Å². The Morgan fingerprint density at radius 2 is 1.88 bits per heavy atom. The highest BCUT2D eigenvalue weighted by atomic mass is 35.6. The molecular formula is C5H6Cl3. The number of rotatable bonds is 2. The number of hydrogen-bond acceptors (Lipinski definition) is 0. The Hall–Kier alpha value is 0.610. The van der Waals surface area contributed by atoms with E-state index in [0.29, 0.717) is 6.42 Å². The molecule has 1 radical (unpaired) electrons. The van der Waals surface area contributed by atoms with Gasteiger partial charge in [-0.05, 0) is 6.42 Å². The second kappa shape index (κ2) is 3.60. The fraction of sp³-hybridized carbons (Fsp3) is 0.400. The van der Waals surface area contributed by atoms with Crippen LogP contribution >= 0.6 is 34.8 Å². The van der Waals surface area contributed by atoms with Crippen molar-refractivity contribution in [2.45, 2.75) is 10.2 Å². The van der Waals surface area contributed by atoms with Crippen LogP contribution in [0.15, 0.2) is 12.7 Å². The van der Waals surface area contributed by atoms with E-state index in [9.17, 15) is 0 Å². The fourth-order valence-electron chi connectivity index (χ4n) is 0.217. The van der Waals surface area contributed by atoms with E-state index in [2.05, 4.69) is 6.58 Å². The molecule has 8 heavy (non-hydrogen) atoms. The van der Waals surface area contributed by atoms with Gasteiger partial charge in [-0.1, -0.05) is 40.9 Å². The summed E-state index contributed by atoms with van der Waals surface area (Å²) >= 11 is 16.0. The molecule has 0 aromatic carbocycles. The normalized spacial score (nSPS) is 11.4. The lowest BCUT2D eigenvalue weighted by atomic mass is 10.3. The topological polar surface area (TPSA) is 0 Å². The molecule has 0 aromatic heterocycles. The molecule has 0 heterocycles. The summed E-state index contributed by atoms with van der Waals surface area (Å²) in [5.74, 6) is 0. The minimum absolute atomic E-state index is 0.622. The number of halogens is 3. The van der Waals surface area contributed by atoms with Crippen LogP contribution in [0.2, 0.25) is 0 Å². The van der Waals surface area contributed by atoms with Crippen molar-refractivity contribution in [1.29, 1.82) is 0 Å². The van der Waals surface area contributed by atoms with Gasteiger partial charge in [0.25, 0.3) is 0 Å². The van der Waals surface area contributed by atoms with Crippen LogP contribution in [-0.4, -0.2) is 3.79 Å². The average molecular weight is 172 g/mol. The number of alkyl halides is 3. The van der Waals surface area contributed by atoms with Crippen molar-refractivity contribution < 1.29 is 0 Å². The Morgan fingerprint density at radius 3 is 2.00 bits per heavy atom. The molecule has 0 bridgehead atoms. The Labute approximate surface area is 64.4 Å². The van der Waals surface area contributed by atoms with Gasteiger partial charge in [0, 0.05) is 6.42 Å². The van der Waals surface area contributed by atoms with Gasteiger partial charge in [0.05, 0.1) is 0 Å². The first kappa shape index (κ1) is 8.61. The van der Waals surface area contributed by atoms with Crippen molar-refractivity contribution in [2.24, 2.45) is 0 Å². The molecular weight excluding hydrogens is 166 g/mol. The smallest absolute Gasteiger partial charge is 0.103 e. The zero-order valence-electron chi connectivity index (χ0n) is 4.20. The second-order valence-corrected chi connectivity index (χ2v) is 3.64. The lowest BCUT2D eigenvalue weighted by molar-refractivity contribution is 1.13. The van der Waals surface area contributed by atoms with Gasteiger partial charge in [0.1, 0.15) is 0 Å². The maximum absolute atomic E-state index is 5.34. The second-order valence-electron chi connectivity index (χ2n) is 1.27. The zero-order valence-corrected chi connectivity index (χ0v) is 6.47. The van der Waals surface area contributed by atoms with Crippen molar-refractivity contribution in [1.82, 2.24) is 0 Å². The number of allylic oxidation sites excluding steroid dienone is 1. The first-order valence-electron chi connectivity index (χ1n) is 2.08. The minimum Gasteiger partial charge on any atom is -0.103 e. The molecule has 0 saturated heterocycles. The molecule has 0 aliphatic carbocycles. The summed E-state index contributed by atoms with van der Waals surface area (Å²) in [7, 11) is 0. The third-order valence-electron chi connectivity index (χ3n) is 0.516. The summed E-state index contributed by atoms with van der Waals surface area (Å²) in [4.78, 5) is 0. The van der Waals surface area contributed by atoms with E-state index in [0.717, 1.165) is 0 Å². The molecule has 0 aliphatic heterocycles. The van der Waals surface area contributed by atoms with Gasteiger partial charge < -0.3 is 0 Å². The Kier molecular flexibility index (Phi) is 3.87. The molecule has 0 fully saturated rings. The van der Waals surface area contributed by atoms with Crippen LogP contribution in [0.3, 0.4) is 0 Å². The predicted molar refractivity (Wildman–Crippen MR) is 39.4 cm³/mol. The summed E-state index contributed by atoms with van der Waals surface area (Å²) in [6.45, 7) is 3.46. The maximum atomic E-state index is 5.34. The predicted octanol–water partition coefficient (Wildman–Crippen LogP) is 3.14. The van der Waals surface area contributed by atoms with Gasteiger partial charge in [-0.15, -0.1) is 6.58 Å². The summed E-state index contributed by atoms with van der Waals surface area (Å²) in [5.41, 5.74) is 0. The third kappa shape index (κ3) is 6.61. The van der Waals surface area contributed by atoms with Crippen LogP contribution < -0.4 is 0 Å². The molecule has 0 amide bonds. The van der Waals surface area contributed by atoms with Crippen LogP contribution in [0, 0.1) is 6.42 Å². The highest BCUT2D eigenvalue weighted by molar-refractivity contribution is 6.68. The van der Waals surface area contributed by atoms with Crippen LogP contribution in [0.4, 0.5) is 0 Å². The third-order valence-corrected chi connectivity index (χ3v) is 0.979. The fourth-order valence-corrected chi connectivity index (χ4v) is 0.484. The van der Waals surface area contributed by atoms with E-state index in [1.165, 1.54) is 0 Å². The highest BCUT2D eigenvalue weighted by Gasteiger charge is 2.17. The minimum atomic E-state index is -1.23. The van der Waals surface area contributed by atoms with Gasteiger partial charge in [0.2, 0.25) is 0 Å². The Balaban J connectivity index is 3.24. The average Bonchev–Trinajstić information content (AvgIpc) is 1.59. The molecule has 0 N–H and O–H groups in total. The van der Waals surface area contributed by atoms with Gasteiger partial charge in [0.15, 0.2) is 3.79 Å². The van der Waals surface area contributed by atoms with Gasteiger partial charge in [-0.25, -0.2) is 0 Å². The first-order chi connectivity index (χ1) is 3.56. The molecule has 0 aromatic rings. The van der Waals surface area contributed by atoms with E-state index in [-0.39, 0.29) is 0 Å². The number of hydrogen-bond donors (Lipinski definition) is 0. The molecule has 3 heteroatoms. The summed E-state index contributed by atoms with van der Waals surface area (Å²) < 4.78 is -1.23. The van der Waals surface area contributed by atoms with Crippen LogP contribution in [0.5, 0.6) is 0 Å². The Bertz CT molecular complexity index is 72.2. The molecule has 0 atom stereocenters. The molecule has 0 aliphatic rings. The lowest BCUT2D eigenvalue weighted by Crippen LogP contribution is -2.00.